The van der Waals surface area contributed by atoms with Crippen LogP contribution < -0.4 is 21.2 Å². The second kappa shape index (κ2) is 15.8. The van der Waals surface area contributed by atoms with Gasteiger partial charge in [-0.15, -0.1) is 0 Å². The van der Waals surface area contributed by atoms with Crippen LogP contribution in [0.2, 0.25) is 0 Å². The minimum atomic E-state index is -4.77. The molecule has 5 aromatic rings. The third-order valence-corrected chi connectivity index (χ3v) is 12.2. The molecule has 3 aromatic heterocycles. The van der Waals surface area contributed by atoms with Crippen molar-refractivity contribution in [1.29, 1.82) is 0 Å². The highest BCUT2D eigenvalue weighted by Crippen LogP contribution is 2.37. The predicted octanol–water partition coefficient (Wildman–Crippen LogP) is 6.60. The van der Waals surface area contributed by atoms with Gasteiger partial charge in [-0.2, -0.15) is 18.3 Å². The number of nitrogens with zero attached hydrogens (tertiary/aromatic N) is 7. The Morgan fingerprint density at radius 2 is 1.71 bits per heavy atom. The molecule has 3 fully saturated rings. The number of benzene rings is 2. The van der Waals surface area contributed by atoms with Crippen molar-refractivity contribution in [3.8, 4) is 0 Å². The molecule has 8 rings (SSSR count). The number of halogens is 5. The Labute approximate surface area is 335 Å². The van der Waals surface area contributed by atoms with Crippen molar-refractivity contribution in [3.05, 3.63) is 82.2 Å². The van der Waals surface area contributed by atoms with Crippen molar-refractivity contribution in [2.75, 3.05) is 36.9 Å². The molecule has 5 heterocycles. The fraction of sp³-hybridized carbons (Fsp3) is 0.463. The highest BCUT2D eigenvalue weighted by atomic mass is 19.4. The topological polar surface area (TPSA) is 139 Å². The fourth-order valence-corrected chi connectivity index (χ4v) is 9.09. The number of carbonyl (C=O) groups is 3. The van der Waals surface area contributed by atoms with Gasteiger partial charge in [0.1, 0.15) is 17.4 Å². The lowest BCUT2D eigenvalue weighted by molar-refractivity contribution is -0.141. The zero-order valence-electron chi connectivity index (χ0n) is 32.5. The summed E-state index contributed by atoms with van der Waals surface area (Å²) in [5, 5.41) is 9.82. The number of imide groups is 1. The van der Waals surface area contributed by atoms with Crippen LogP contribution in [-0.2, 0) is 22.8 Å². The smallest absolute Gasteiger partial charge is 0.370 e. The lowest BCUT2D eigenvalue weighted by Gasteiger charge is -2.40. The number of nitrogens with one attached hydrogen (secondary N) is 2. The highest BCUT2D eigenvalue weighted by molar-refractivity contribution is 6.04. The number of piperidine rings is 2. The highest BCUT2D eigenvalue weighted by Gasteiger charge is 2.35. The largest absolute Gasteiger partial charge is 0.433 e. The number of pyridine rings is 1. The predicted molar refractivity (Wildman–Crippen MR) is 209 cm³/mol. The first-order chi connectivity index (χ1) is 28.2. The van der Waals surface area contributed by atoms with E-state index < -0.39 is 47.4 Å². The number of hydrogen-bond donors (Lipinski definition) is 2. The van der Waals surface area contributed by atoms with E-state index >= 15 is 0 Å². The van der Waals surface area contributed by atoms with E-state index in [1.807, 2.05) is 18.2 Å². The summed E-state index contributed by atoms with van der Waals surface area (Å²) in [6, 6.07) is 10.9. The fourth-order valence-electron chi connectivity index (χ4n) is 9.09. The van der Waals surface area contributed by atoms with Crippen molar-refractivity contribution in [1.82, 2.24) is 34.1 Å². The van der Waals surface area contributed by atoms with E-state index in [1.54, 1.807) is 22.5 Å². The molecule has 2 aromatic carbocycles. The molecule has 18 heteroatoms. The van der Waals surface area contributed by atoms with Gasteiger partial charge in [0, 0.05) is 56.3 Å². The number of carbonyl (C=O) groups excluding carboxylic acids is 3. The Balaban J connectivity index is 0.875. The van der Waals surface area contributed by atoms with E-state index in [-0.39, 0.29) is 36.2 Å². The molecular formula is C41H44F5N9O4. The number of aryl methyl sites for hydroxylation is 1. The van der Waals surface area contributed by atoms with E-state index in [4.69, 9.17) is 0 Å². The molecule has 0 bridgehead atoms. The van der Waals surface area contributed by atoms with Crippen molar-refractivity contribution >= 4 is 51.0 Å². The Kier molecular flexibility index (Phi) is 10.8. The van der Waals surface area contributed by atoms with Gasteiger partial charge in [0.2, 0.25) is 11.8 Å². The second-order valence-electron chi connectivity index (χ2n) is 15.9. The number of para-hydroxylation sites is 1. The van der Waals surface area contributed by atoms with Gasteiger partial charge in [-0.3, -0.25) is 33.5 Å². The van der Waals surface area contributed by atoms with Gasteiger partial charge in [-0.05, 0) is 94.3 Å². The summed E-state index contributed by atoms with van der Waals surface area (Å²) in [6.07, 6.45) is -0.0572. The SMILES string of the molecule is CN(CC1CCC(n2cc3cc(NC(=O)c4cccc(C(F)(F)F)n4)c(C(F)F)cc3n2)CC1)C1CCN(c2cccc3c2n(C)c(=O)n3C2CCC(=O)NC2=O)CC1. The minimum absolute atomic E-state index is 0.0538. The number of hydrogen-bond acceptors (Lipinski definition) is 8. The molecule has 59 heavy (non-hydrogen) atoms. The third kappa shape index (κ3) is 7.93. The van der Waals surface area contributed by atoms with Crippen molar-refractivity contribution in [2.24, 2.45) is 13.0 Å². The molecule has 312 valence electrons. The van der Waals surface area contributed by atoms with Gasteiger partial charge in [-0.25, -0.2) is 18.6 Å². The Hall–Kier alpha value is -5.65. The van der Waals surface area contributed by atoms with Gasteiger partial charge >= 0.3 is 11.9 Å². The van der Waals surface area contributed by atoms with Crippen LogP contribution in [0.4, 0.5) is 33.3 Å². The van der Waals surface area contributed by atoms with Gasteiger partial charge in [0.05, 0.1) is 34.0 Å². The molecule has 2 N–H and O–H groups in total. The molecule has 0 spiro atoms. The van der Waals surface area contributed by atoms with E-state index in [1.165, 1.54) is 16.7 Å². The van der Waals surface area contributed by atoms with Crippen LogP contribution in [0.3, 0.4) is 0 Å². The summed E-state index contributed by atoms with van der Waals surface area (Å²) >= 11 is 0. The van der Waals surface area contributed by atoms with Gasteiger partial charge in [-0.1, -0.05) is 12.1 Å². The molecule has 1 unspecified atom stereocenters. The Morgan fingerprint density at radius 1 is 0.983 bits per heavy atom. The minimum Gasteiger partial charge on any atom is -0.370 e. The van der Waals surface area contributed by atoms with Crippen molar-refractivity contribution in [3.63, 3.8) is 0 Å². The average molecular weight is 822 g/mol. The first kappa shape index (κ1) is 40.1. The van der Waals surface area contributed by atoms with Crippen LogP contribution in [0, 0.1) is 5.92 Å². The van der Waals surface area contributed by atoms with Crippen LogP contribution in [0.5, 0.6) is 0 Å². The molecule has 1 saturated carbocycles. The molecule has 3 aliphatic rings. The molecule has 2 saturated heterocycles. The van der Waals surface area contributed by atoms with E-state index in [0.29, 0.717) is 28.4 Å². The Morgan fingerprint density at radius 3 is 2.41 bits per heavy atom. The first-order valence-corrected chi connectivity index (χ1v) is 19.8. The van der Waals surface area contributed by atoms with Gasteiger partial charge in [0.25, 0.3) is 12.3 Å². The standard InChI is InChI=1S/C41H44F5N9O4/c1-51(25-15-17-53(18-16-25)31-6-4-7-32-36(31)52(2)40(59)55(32)33-13-14-35(56)49-39(33)58)21-23-9-11-26(12-10-23)54-22-24-19-30(27(37(42)43)20-29(24)50-54)48-38(57)28-5-3-8-34(47-28)41(44,45)46/h3-8,19-20,22-23,25-26,33,37H,9-18,21H2,1-2H3,(H,48,57)(H,49,56,58). The number of anilines is 2. The summed E-state index contributed by atoms with van der Waals surface area (Å²) in [6.45, 7) is 2.53. The normalized spacial score (nSPS) is 20.9. The van der Waals surface area contributed by atoms with Crippen molar-refractivity contribution in [2.45, 2.75) is 82.1 Å². The molecule has 1 aliphatic carbocycles. The number of aromatic nitrogens is 5. The van der Waals surface area contributed by atoms with E-state index in [0.717, 1.165) is 87.6 Å². The number of amides is 3. The van der Waals surface area contributed by atoms with Crippen molar-refractivity contribution < 1.29 is 36.3 Å². The first-order valence-electron chi connectivity index (χ1n) is 19.8. The zero-order valence-corrected chi connectivity index (χ0v) is 32.5. The van der Waals surface area contributed by atoms with Crippen LogP contribution in [0.25, 0.3) is 21.9 Å². The maximum absolute atomic E-state index is 14.1. The summed E-state index contributed by atoms with van der Waals surface area (Å²) in [7, 11) is 3.88. The number of imidazole rings is 1. The second-order valence-corrected chi connectivity index (χ2v) is 15.9. The third-order valence-electron chi connectivity index (χ3n) is 12.2. The molecule has 3 amide bonds. The summed E-state index contributed by atoms with van der Waals surface area (Å²) in [5.41, 5.74) is -0.109. The van der Waals surface area contributed by atoms with Gasteiger partial charge < -0.3 is 15.1 Å². The molecule has 2 aliphatic heterocycles. The van der Waals surface area contributed by atoms with Gasteiger partial charge in [0.15, 0.2) is 0 Å². The molecular weight excluding hydrogens is 777 g/mol. The molecule has 1 atom stereocenters. The monoisotopic (exact) mass is 821 g/mol. The summed E-state index contributed by atoms with van der Waals surface area (Å²) < 4.78 is 72.7. The number of alkyl halides is 5. The zero-order chi connectivity index (χ0) is 41.7. The lowest BCUT2D eigenvalue weighted by atomic mass is 9.85. The molecule has 13 nitrogen and oxygen atoms in total. The summed E-state index contributed by atoms with van der Waals surface area (Å²) in [4.78, 5) is 58.8. The summed E-state index contributed by atoms with van der Waals surface area (Å²) in [5.74, 6) is -1.36. The maximum atomic E-state index is 14.1. The quantitative estimate of drug-likeness (QED) is 0.125. The average Bonchev–Trinajstić information content (AvgIpc) is 3.74. The van der Waals surface area contributed by atoms with Crippen LogP contribution in [-0.4, -0.2) is 79.2 Å². The number of rotatable bonds is 9. The lowest BCUT2D eigenvalue weighted by Crippen LogP contribution is -2.45. The maximum Gasteiger partial charge on any atom is 0.433 e. The van der Waals surface area contributed by atoms with E-state index in [2.05, 4.69) is 37.6 Å². The van der Waals surface area contributed by atoms with Crippen LogP contribution in [0.1, 0.15) is 91.6 Å². The van der Waals surface area contributed by atoms with E-state index in [9.17, 15) is 41.1 Å². The number of fused-ring (bicyclic) bond motifs is 2. The Bertz CT molecular complexity index is 2480. The molecule has 0 radical (unpaired) electrons. The van der Waals surface area contributed by atoms with Crippen LogP contribution in [0.15, 0.2) is 59.5 Å². The van der Waals surface area contributed by atoms with Crippen LogP contribution >= 0.6 is 0 Å².